The van der Waals surface area contributed by atoms with Crippen LogP contribution in [0.25, 0.3) is 0 Å². The Hall–Kier alpha value is -3.22. The molecule has 0 aromatic heterocycles. The zero-order valence-electron chi connectivity index (χ0n) is 14.8. The zero-order valence-corrected chi connectivity index (χ0v) is 14.8. The lowest BCUT2D eigenvalue weighted by Crippen LogP contribution is -2.30. The van der Waals surface area contributed by atoms with Crippen LogP contribution in [0.3, 0.4) is 0 Å². The van der Waals surface area contributed by atoms with Crippen LogP contribution in [0.2, 0.25) is 0 Å². The van der Waals surface area contributed by atoms with Crippen LogP contribution in [-0.2, 0) is 16.0 Å². The van der Waals surface area contributed by atoms with Gasteiger partial charge in [0.2, 0.25) is 0 Å². The molecule has 1 amide bonds. The fourth-order valence-electron chi connectivity index (χ4n) is 2.28. The van der Waals surface area contributed by atoms with Crippen molar-refractivity contribution in [2.45, 2.75) is 33.3 Å². The van der Waals surface area contributed by atoms with E-state index in [1.807, 2.05) is 19.1 Å². The van der Waals surface area contributed by atoms with Crippen LogP contribution in [0.4, 0.5) is 11.4 Å². The first-order chi connectivity index (χ1) is 12.3. The molecule has 0 heterocycles. The number of ether oxygens (including phenoxy) is 1. The first-order valence-electron chi connectivity index (χ1n) is 8.17. The molecule has 0 aliphatic heterocycles. The van der Waals surface area contributed by atoms with Gasteiger partial charge < -0.3 is 10.1 Å². The van der Waals surface area contributed by atoms with Gasteiger partial charge in [-0.2, -0.15) is 0 Å². The minimum Gasteiger partial charge on any atom is -0.449 e. The minimum atomic E-state index is -1.05. The Bertz CT molecular complexity index is 830. The van der Waals surface area contributed by atoms with Crippen LogP contribution in [0.15, 0.2) is 42.5 Å². The van der Waals surface area contributed by atoms with Gasteiger partial charge in [0.1, 0.15) is 0 Å². The van der Waals surface area contributed by atoms with Crippen molar-refractivity contribution >= 4 is 23.3 Å². The molecule has 0 aliphatic carbocycles. The molecule has 2 aromatic rings. The van der Waals surface area contributed by atoms with E-state index in [2.05, 4.69) is 5.32 Å². The van der Waals surface area contributed by atoms with Crippen molar-refractivity contribution in [2.75, 3.05) is 5.32 Å². The highest BCUT2D eigenvalue weighted by atomic mass is 16.6. The first kappa shape index (κ1) is 19.1. The maximum absolute atomic E-state index is 12.2. The minimum absolute atomic E-state index is 0.0225. The summed E-state index contributed by atoms with van der Waals surface area (Å²) in [4.78, 5) is 34.7. The number of aryl methyl sites for hydroxylation is 2. The van der Waals surface area contributed by atoms with Crippen LogP contribution < -0.4 is 5.32 Å². The molecule has 0 spiro atoms. The van der Waals surface area contributed by atoms with Crippen LogP contribution >= 0.6 is 0 Å². The molecule has 0 unspecified atom stereocenters. The third-order valence-electron chi connectivity index (χ3n) is 3.92. The first-order valence-corrected chi connectivity index (χ1v) is 8.17. The molecule has 1 N–H and O–H groups in total. The zero-order chi connectivity index (χ0) is 19.3. The highest BCUT2D eigenvalue weighted by Gasteiger charge is 2.21. The number of esters is 1. The van der Waals surface area contributed by atoms with E-state index in [9.17, 15) is 19.7 Å². The lowest BCUT2D eigenvalue weighted by Gasteiger charge is -2.14. The second-order valence-electron chi connectivity index (χ2n) is 5.85. The number of rotatable bonds is 6. The molecule has 136 valence electrons. The molecule has 2 rings (SSSR count). The molecule has 0 bridgehead atoms. The summed E-state index contributed by atoms with van der Waals surface area (Å²) >= 11 is 0. The molecule has 0 radical (unpaired) electrons. The number of nitrogens with one attached hydrogen (secondary N) is 1. The van der Waals surface area contributed by atoms with Crippen LogP contribution in [-0.4, -0.2) is 22.9 Å². The lowest BCUT2D eigenvalue weighted by molar-refractivity contribution is -0.385. The molecule has 7 heteroatoms. The number of hydrogen-bond donors (Lipinski definition) is 1. The van der Waals surface area contributed by atoms with E-state index in [1.54, 1.807) is 19.1 Å². The van der Waals surface area contributed by atoms with E-state index in [0.717, 1.165) is 18.1 Å². The highest BCUT2D eigenvalue weighted by molar-refractivity contribution is 5.97. The summed E-state index contributed by atoms with van der Waals surface area (Å²) in [6.07, 6.45) is -0.154. The molecule has 0 aliphatic rings. The Balaban J connectivity index is 2.02. The van der Waals surface area contributed by atoms with Gasteiger partial charge in [-0.15, -0.1) is 0 Å². The summed E-state index contributed by atoms with van der Waals surface area (Å²) in [7, 11) is 0. The number of nitrogens with zero attached hydrogens (tertiary/aromatic N) is 1. The summed E-state index contributed by atoms with van der Waals surface area (Å²) in [5, 5.41) is 13.6. The Labute approximate surface area is 151 Å². The number of carbonyl (C=O) groups is 2. The van der Waals surface area contributed by atoms with Gasteiger partial charge in [0.05, 0.1) is 10.5 Å². The predicted octanol–water partition coefficient (Wildman–Crippen LogP) is 3.65. The van der Waals surface area contributed by atoms with E-state index in [0.29, 0.717) is 11.3 Å². The smallest absolute Gasteiger partial charge is 0.339 e. The number of benzene rings is 2. The van der Waals surface area contributed by atoms with Crippen molar-refractivity contribution in [3.05, 3.63) is 69.3 Å². The van der Waals surface area contributed by atoms with Gasteiger partial charge in [0.25, 0.3) is 11.6 Å². The van der Waals surface area contributed by atoms with Crippen molar-refractivity contribution in [3.8, 4) is 0 Å². The van der Waals surface area contributed by atoms with Gasteiger partial charge in [0.15, 0.2) is 6.10 Å². The predicted molar refractivity (Wildman–Crippen MR) is 97.2 cm³/mol. The standard InChI is InChI=1S/C19H20N2O5/c1-4-14-6-9-16(10-7-14)20-18(22)13(3)26-19(23)15-8-5-12(2)17(11-15)21(24)25/h5-11,13H,4H2,1-3H3,(H,20,22)/t13-/m0/s1. The van der Waals surface area contributed by atoms with Crippen LogP contribution in [0.5, 0.6) is 0 Å². The summed E-state index contributed by atoms with van der Waals surface area (Å²) in [6, 6.07) is 11.4. The van der Waals surface area contributed by atoms with Crippen molar-refractivity contribution in [2.24, 2.45) is 0 Å². The van der Waals surface area contributed by atoms with Crippen LogP contribution in [0, 0.1) is 17.0 Å². The van der Waals surface area contributed by atoms with E-state index < -0.39 is 22.9 Å². The quantitative estimate of drug-likeness (QED) is 0.484. The van der Waals surface area contributed by atoms with Crippen molar-refractivity contribution in [1.29, 1.82) is 0 Å². The second kappa shape index (κ2) is 8.24. The number of amides is 1. The molecule has 2 aromatic carbocycles. The van der Waals surface area contributed by atoms with E-state index in [-0.39, 0.29) is 11.3 Å². The lowest BCUT2D eigenvalue weighted by atomic mass is 10.1. The number of anilines is 1. The SMILES string of the molecule is CCc1ccc(NC(=O)[C@H](C)OC(=O)c2ccc(C)c([N+](=O)[O-])c2)cc1. The highest BCUT2D eigenvalue weighted by Crippen LogP contribution is 2.20. The fraction of sp³-hybridized carbons (Fsp3) is 0.263. The molecular formula is C19H20N2O5. The number of hydrogen-bond acceptors (Lipinski definition) is 5. The number of carbonyl (C=O) groups excluding carboxylic acids is 2. The number of nitro benzene ring substituents is 1. The monoisotopic (exact) mass is 356 g/mol. The maximum atomic E-state index is 12.2. The molecule has 7 nitrogen and oxygen atoms in total. The fourth-order valence-corrected chi connectivity index (χ4v) is 2.28. The topological polar surface area (TPSA) is 98.5 Å². The molecule has 0 saturated heterocycles. The third kappa shape index (κ3) is 4.66. The molecule has 0 saturated carbocycles. The summed E-state index contributed by atoms with van der Waals surface area (Å²) in [5.74, 6) is -1.28. The van der Waals surface area contributed by atoms with Gasteiger partial charge in [-0.3, -0.25) is 14.9 Å². The van der Waals surface area contributed by atoms with Gasteiger partial charge in [-0.05, 0) is 44.0 Å². The number of nitro groups is 1. The van der Waals surface area contributed by atoms with Gasteiger partial charge in [0, 0.05) is 17.3 Å². The van der Waals surface area contributed by atoms with Crippen molar-refractivity contribution in [3.63, 3.8) is 0 Å². The normalized spacial score (nSPS) is 11.5. The molecule has 1 atom stereocenters. The molecule has 26 heavy (non-hydrogen) atoms. The second-order valence-corrected chi connectivity index (χ2v) is 5.85. The summed E-state index contributed by atoms with van der Waals surface area (Å²) in [5.41, 5.74) is 2.03. The Morgan fingerprint density at radius 1 is 1.19 bits per heavy atom. The van der Waals surface area contributed by atoms with Crippen molar-refractivity contribution < 1.29 is 19.2 Å². The largest absolute Gasteiger partial charge is 0.449 e. The Morgan fingerprint density at radius 2 is 1.85 bits per heavy atom. The Morgan fingerprint density at radius 3 is 2.42 bits per heavy atom. The average molecular weight is 356 g/mol. The van der Waals surface area contributed by atoms with Crippen molar-refractivity contribution in [1.82, 2.24) is 0 Å². The van der Waals surface area contributed by atoms with E-state index in [4.69, 9.17) is 4.74 Å². The Kier molecular flexibility index (Phi) is 6.06. The summed E-state index contributed by atoms with van der Waals surface area (Å²) in [6.45, 7) is 5.05. The van der Waals surface area contributed by atoms with Gasteiger partial charge in [-0.25, -0.2) is 4.79 Å². The van der Waals surface area contributed by atoms with E-state index >= 15 is 0 Å². The maximum Gasteiger partial charge on any atom is 0.339 e. The summed E-state index contributed by atoms with van der Waals surface area (Å²) < 4.78 is 5.12. The third-order valence-corrected chi connectivity index (χ3v) is 3.92. The molecular weight excluding hydrogens is 336 g/mol. The van der Waals surface area contributed by atoms with Gasteiger partial charge in [-0.1, -0.05) is 25.1 Å². The van der Waals surface area contributed by atoms with Crippen LogP contribution in [0.1, 0.15) is 35.3 Å². The van der Waals surface area contributed by atoms with Gasteiger partial charge >= 0.3 is 5.97 Å². The molecule has 0 fully saturated rings. The van der Waals surface area contributed by atoms with E-state index in [1.165, 1.54) is 19.1 Å². The average Bonchev–Trinajstić information content (AvgIpc) is 2.62.